The standard InChI is InChI=1S/C15H30N2O4S/c1-11(2)9-20-12(18)15(6,16)10-22-8-7-17-13(19)21-14(3,4)5/h11H,7-10,16H2,1-6H3,(H,17,19)/t15-/m0/s1. The van der Waals surface area contributed by atoms with Crippen molar-refractivity contribution in [3.8, 4) is 0 Å². The van der Waals surface area contributed by atoms with Crippen LogP contribution >= 0.6 is 11.8 Å². The lowest BCUT2D eigenvalue weighted by atomic mass is 10.1. The number of amides is 1. The fourth-order valence-electron chi connectivity index (χ4n) is 1.29. The number of thioether (sulfide) groups is 1. The van der Waals surface area contributed by atoms with Crippen molar-refractivity contribution < 1.29 is 19.1 Å². The lowest BCUT2D eigenvalue weighted by Gasteiger charge is -2.23. The van der Waals surface area contributed by atoms with Crippen LogP contribution in [-0.2, 0) is 14.3 Å². The van der Waals surface area contributed by atoms with E-state index in [9.17, 15) is 9.59 Å². The molecule has 0 aliphatic carbocycles. The minimum Gasteiger partial charge on any atom is -0.464 e. The van der Waals surface area contributed by atoms with E-state index < -0.39 is 23.2 Å². The first-order chi connectivity index (χ1) is 9.94. The van der Waals surface area contributed by atoms with Gasteiger partial charge in [-0.15, -0.1) is 0 Å². The fraction of sp³-hybridized carbons (Fsp3) is 0.867. The van der Waals surface area contributed by atoms with Gasteiger partial charge in [-0.1, -0.05) is 13.8 Å². The largest absolute Gasteiger partial charge is 0.464 e. The van der Waals surface area contributed by atoms with Gasteiger partial charge >= 0.3 is 12.1 Å². The average molecular weight is 334 g/mol. The number of hydrogen-bond donors (Lipinski definition) is 2. The molecule has 0 aromatic rings. The molecule has 6 nitrogen and oxygen atoms in total. The van der Waals surface area contributed by atoms with Crippen LogP contribution in [0.25, 0.3) is 0 Å². The van der Waals surface area contributed by atoms with E-state index in [4.69, 9.17) is 15.2 Å². The minimum absolute atomic E-state index is 0.283. The molecule has 0 aliphatic rings. The molecule has 1 amide bonds. The number of rotatable bonds is 8. The first-order valence-corrected chi connectivity index (χ1v) is 8.60. The molecule has 0 heterocycles. The van der Waals surface area contributed by atoms with E-state index in [1.54, 1.807) is 6.92 Å². The van der Waals surface area contributed by atoms with Crippen molar-refractivity contribution in [3.63, 3.8) is 0 Å². The Morgan fingerprint density at radius 3 is 2.32 bits per heavy atom. The fourth-order valence-corrected chi connectivity index (χ4v) is 2.22. The second-order valence-electron chi connectivity index (χ2n) is 6.89. The Labute approximate surface area is 137 Å². The topological polar surface area (TPSA) is 90.6 Å². The second kappa shape index (κ2) is 9.25. The molecule has 0 spiro atoms. The van der Waals surface area contributed by atoms with Crippen LogP contribution in [0.5, 0.6) is 0 Å². The number of ether oxygens (including phenoxy) is 2. The van der Waals surface area contributed by atoms with Gasteiger partial charge in [0.05, 0.1) is 6.61 Å². The van der Waals surface area contributed by atoms with E-state index >= 15 is 0 Å². The molecule has 0 radical (unpaired) electrons. The minimum atomic E-state index is -1.02. The summed E-state index contributed by atoms with van der Waals surface area (Å²) in [5.74, 6) is 0.961. The van der Waals surface area contributed by atoms with E-state index in [1.165, 1.54) is 11.8 Å². The summed E-state index contributed by atoms with van der Waals surface area (Å²) >= 11 is 1.49. The molecule has 0 aromatic heterocycles. The average Bonchev–Trinajstić information content (AvgIpc) is 2.32. The first kappa shape index (κ1) is 21.0. The van der Waals surface area contributed by atoms with Crippen LogP contribution < -0.4 is 11.1 Å². The highest BCUT2D eigenvalue weighted by molar-refractivity contribution is 7.99. The van der Waals surface area contributed by atoms with Gasteiger partial charge in [0.2, 0.25) is 0 Å². The van der Waals surface area contributed by atoms with Crippen molar-refractivity contribution in [2.75, 3.05) is 24.7 Å². The molecule has 0 bridgehead atoms. The van der Waals surface area contributed by atoms with Gasteiger partial charge in [-0.25, -0.2) is 4.79 Å². The van der Waals surface area contributed by atoms with E-state index in [1.807, 2.05) is 34.6 Å². The van der Waals surface area contributed by atoms with Gasteiger partial charge in [0, 0.05) is 18.1 Å². The van der Waals surface area contributed by atoms with Crippen LogP contribution in [0.1, 0.15) is 41.5 Å². The molecule has 0 aromatic carbocycles. The maximum absolute atomic E-state index is 11.8. The quantitative estimate of drug-likeness (QED) is 0.522. The highest BCUT2D eigenvalue weighted by Gasteiger charge is 2.30. The Kier molecular flexibility index (Phi) is 8.85. The van der Waals surface area contributed by atoms with Crippen LogP contribution in [0.4, 0.5) is 4.79 Å². The third-order valence-corrected chi connectivity index (χ3v) is 3.63. The number of esters is 1. The molecule has 3 N–H and O–H groups in total. The molecule has 7 heteroatoms. The molecular weight excluding hydrogens is 304 g/mol. The van der Waals surface area contributed by atoms with Crippen LogP contribution in [0.3, 0.4) is 0 Å². The van der Waals surface area contributed by atoms with Crippen molar-refractivity contribution in [2.45, 2.75) is 52.7 Å². The zero-order valence-corrected chi connectivity index (χ0v) is 15.3. The zero-order valence-electron chi connectivity index (χ0n) is 14.5. The second-order valence-corrected chi connectivity index (χ2v) is 8.00. The molecular formula is C15H30N2O4S. The zero-order chi connectivity index (χ0) is 17.4. The van der Waals surface area contributed by atoms with Gasteiger partial charge in [0.15, 0.2) is 0 Å². The summed E-state index contributed by atoms with van der Waals surface area (Å²) in [6.45, 7) is 11.9. The highest BCUT2D eigenvalue weighted by atomic mass is 32.2. The van der Waals surface area contributed by atoms with E-state index in [-0.39, 0.29) is 5.92 Å². The Hall–Kier alpha value is -0.950. The predicted octanol–water partition coefficient (Wildman–Crippen LogP) is 2.16. The Morgan fingerprint density at radius 1 is 1.23 bits per heavy atom. The number of carbonyl (C=O) groups excluding carboxylic acids is 2. The van der Waals surface area contributed by atoms with Gasteiger partial charge in [-0.3, -0.25) is 4.79 Å². The molecule has 130 valence electrons. The van der Waals surface area contributed by atoms with Crippen LogP contribution in [0.2, 0.25) is 0 Å². The summed E-state index contributed by atoms with van der Waals surface area (Å²) in [4.78, 5) is 23.3. The molecule has 0 saturated carbocycles. The number of hydrogen-bond acceptors (Lipinski definition) is 6. The first-order valence-electron chi connectivity index (χ1n) is 7.45. The third-order valence-electron chi connectivity index (χ3n) is 2.33. The number of alkyl carbamates (subject to hydrolysis) is 1. The van der Waals surface area contributed by atoms with Gasteiger partial charge in [-0.2, -0.15) is 11.8 Å². The number of nitrogens with one attached hydrogen (secondary N) is 1. The summed E-state index contributed by atoms with van der Waals surface area (Å²) < 4.78 is 10.3. The summed E-state index contributed by atoms with van der Waals surface area (Å²) in [5.41, 5.74) is 4.44. The molecule has 0 rings (SSSR count). The highest BCUT2D eigenvalue weighted by Crippen LogP contribution is 2.13. The SMILES string of the molecule is CC(C)COC(=O)[C@@](C)(N)CSCCNC(=O)OC(C)(C)C. The summed E-state index contributed by atoms with van der Waals surface area (Å²) in [6.07, 6.45) is -0.444. The maximum atomic E-state index is 11.8. The monoisotopic (exact) mass is 334 g/mol. The maximum Gasteiger partial charge on any atom is 0.407 e. The Balaban J connectivity index is 3.89. The summed E-state index contributed by atoms with van der Waals surface area (Å²) in [5, 5.41) is 2.66. The van der Waals surface area contributed by atoms with E-state index in [0.717, 1.165) is 0 Å². The van der Waals surface area contributed by atoms with Crippen molar-refractivity contribution in [1.82, 2.24) is 5.32 Å². The van der Waals surface area contributed by atoms with E-state index in [2.05, 4.69) is 5.32 Å². The van der Waals surface area contributed by atoms with Gasteiger partial charge in [0.25, 0.3) is 0 Å². The molecule has 22 heavy (non-hydrogen) atoms. The van der Waals surface area contributed by atoms with Crippen LogP contribution in [-0.4, -0.2) is 47.9 Å². The van der Waals surface area contributed by atoms with Crippen molar-refractivity contribution in [2.24, 2.45) is 11.7 Å². The van der Waals surface area contributed by atoms with Crippen molar-refractivity contribution >= 4 is 23.8 Å². The summed E-state index contributed by atoms with van der Waals surface area (Å²) in [6, 6.07) is 0. The Bertz CT molecular complexity index is 365. The third kappa shape index (κ3) is 10.7. The molecule has 0 aliphatic heterocycles. The lowest BCUT2D eigenvalue weighted by Crippen LogP contribution is -2.49. The molecule has 0 unspecified atom stereocenters. The van der Waals surface area contributed by atoms with Gasteiger partial charge < -0.3 is 20.5 Å². The lowest BCUT2D eigenvalue weighted by molar-refractivity contribution is -0.149. The predicted molar refractivity (Wildman–Crippen MR) is 90.0 cm³/mol. The normalized spacial score (nSPS) is 14.4. The Morgan fingerprint density at radius 2 is 1.82 bits per heavy atom. The van der Waals surface area contributed by atoms with Crippen molar-refractivity contribution in [3.05, 3.63) is 0 Å². The smallest absolute Gasteiger partial charge is 0.407 e. The molecule has 0 fully saturated rings. The summed E-state index contributed by atoms with van der Waals surface area (Å²) in [7, 11) is 0. The van der Waals surface area contributed by atoms with Gasteiger partial charge in [-0.05, 0) is 33.6 Å². The van der Waals surface area contributed by atoms with E-state index in [0.29, 0.717) is 24.7 Å². The van der Waals surface area contributed by atoms with Crippen LogP contribution in [0, 0.1) is 5.92 Å². The number of nitrogens with two attached hydrogens (primary N) is 1. The molecule has 0 saturated heterocycles. The van der Waals surface area contributed by atoms with Gasteiger partial charge in [0.1, 0.15) is 11.1 Å². The van der Waals surface area contributed by atoms with Crippen molar-refractivity contribution in [1.29, 1.82) is 0 Å². The molecule has 1 atom stereocenters. The number of carbonyl (C=O) groups is 2. The van der Waals surface area contributed by atoms with Crippen LogP contribution in [0.15, 0.2) is 0 Å².